The van der Waals surface area contributed by atoms with E-state index in [2.05, 4.69) is 26.5 Å². The van der Waals surface area contributed by atoms with Gasteiger partial charge in [0.2, 0.25) is 5.95 Å². The van der Waals surface area contributed by atoms with Crippen LogP contribution in [0.15, 0.2) is 41.6 Å². The molecule has 1 N–H and O–H groups in total. The third kappa shape index (κ3) is 4.19. The van der Waals surface area contributed by atoms with Crippen molar-refractivity contribution in [3.05, 3.63) is 36.7 Å². The fourth-order valence-corrected chi connectivity index (χ4v) is 3.74. The summed E-state index contributed by atoms with van der Waals surface area (Å²) in [6.45, 7) is 4.10. The van der Waals surface area contributed by atoms with Gasteiger partial charge in [0.1, 0.15) is 5.75 Å². The Kier molecular flexibility index (Phi) is 5.08. The average Bonchev–Trinajstić information content (AvgIpc) is 2.63. The average molecular weight is 362 g/mol. The SMILES string of the molecule is COc1ccc(S(=O)(=O)Nc2cnc(N3CCC(C)CC3)nc2)cc1. The molecule has 25 heavy (non-hydrogen) atoms. The van der Waals surface area contributed by atoms with Gasteiger partial charge in [0.15, 0.2) is 0 Å². The van der Waals surface area contributed by atoms with Crippen LogP contribution in [-0.4, -0.2) is 38.6 Å². The Morgan fingerprint density at radius 1 is 1.12 bits per heavy atom. The zero-order valence-electron chi connectivity index (χ0n) is 14.3. The van der Waals surface area contributed by atoms with E-state index in [0.717, 1.165) is 31.8 Å². The second kappa shape index (κ2) is 7.26. The van der Waals surface area contributed by atoms with Crippen molar-refractivity contribution in [3.8, 4) is 5.75 Å². The number of piperidine rings is 1. The maximum Gasteiger partial charge on any atom is 0.261 e. The Morgan fingerprint density at radius 3 is 2.28 bits per heavy atom. The number of rotatable bonds is 5. The molecular formula is C17H22N4O3S. The second-order valence-electron chi connectivity index (χ2n) is 6.22. The number of benzene rings is 1. The van der Waals surface area contributed by atoms with E-state index in [1.54, 1.807) is 12.1 Å². The molecule has 1 aromatic carbocycles. The van der Waals surface area contributed by atoms with Gasteiger partial charge in [-0.3, -0.25) is 4.72 Å². The number of ether oxygens (including phenoxy) is 1. The molecule has 0 unspecified atom stereocenters. The molecule has 1 saturated heterocycles. The molecule has 1 aliphatic rings. The van der Waals surface area contributed by atoms with Gasteiger partial charge in [-0.2, -0.15) is 0 Å². The van der Waals surface area contributed by atoms with E-state index in [0.29, 0.717) is 17.4 Å². The first kappa shape index (κ1) is 17.5. The summed E-state index contributed by atoms with van der Waals surface area (Å²) in [6.07, 6.45) is 5.24. The first-order chi connectivity index (χ1) is 12.0. The van der Waals surface area contributed by atoms with E-state index in [9.17, 15) is 8.42 Å². The molecule has 7 nitrogen and oxygen atoms in total. The molecule has 0 radical (unpaired) electrons. The van der Waals surface area contributed by atoms with Crippen LogP contribution >= 0.6 is 0 Å². The minimum Gasteiger partial charge on any atom is -0.497 e. The second-order valence-corrected chi connectivity index (χ2v) is 7.90. The maximum absolute atomic E-state index is 12.4. The van der Waals surface area contributed by atoms with E-state index in [4.69, 9.17) is 4.74 Å². The first-order valence-electron chi connectivity index (χ1n) is 8.22. The highest BCUT2D eigenvalue weighted by molar-refractivity contribution is 7.92. The van der Waals surface area contributed by atoms with Crippen molar-refractivity contribution in [2.45, 2.75) is 24.7 Å². The minimum absolute atomic E-state index is 0.155. The van der Waals surface area contributed by atoms with Gasteiger partial charge in [-0.1, -0.05) is 6.92 Å². The Labute approximate surface area is 148 Å². The molecule has 1 aromatic heterocycles. The van der Waals surface area contributed by atoms with Crippen molar-refractivity contribution in [1.29, 1.82) is 0 Å². The minimum atomic E-state index is -3.68. The quantitative estimate of drug-likeness (QED) is 0.880. The van der Waals surface area contributed by atoms with Crippen LogP contribution in [-0.2, 0) is 10.0 Å². The van der Waals surface area contributed by atoms with Crippen LogP contribution in [0.2, 0.25) is 0 Å². The molecule has 0 bridgehead atoms. The lowest BCUT2D eigenvalue weighted by molar-refractivity contribution is 0.414. The van der Waals surface area contributed by atoms with Crippen molar-refractivity contribution in [3.63, 3.8) is 0 Å². The van der Waals surface area contributed by atoms with Crippen LogP contribution in [0.4, 0.5) is 11.6 Å². The molecule has 0 saturated carbocycles. The van der Waals surface area contributed by atoms with E-state index in [1.807, 2.05) is 0 Å². The fraction of sp³-hybridized carbons (Fsp3) is 0.412. The lowest BCUT2D eigenvalue weighted by atomic mass is 10.00. The normalized spacial score (nSPS) is 15.8. The van der Waals surface area contributed by atoms with Gasteiger partial charge in [0.25, 0.3) is 10.0 Å². The number of hydrogen-bond donors (Lipinski definition) is 1. The summed E-state index contributed by atoms with van der Waals surface area (Å²) < 4.78 is 32.3. The molecule has 1 fully saturated rings. The van der Waals surface area contributed by atoms with Gasteiger partial charge in [-0.05, 0) is 43.0 Å². The summed E-state index contributed by atoms with van der Waals surface area (Å²) >= 11 is 0. The number of nitrogens with zero attached hydrogens (tertiary/aromatic N) is 3. The smallest absolute Gasteiger partial charge is 0.261 e. The summed E-state index contributed by atoms with van der Waals surface area (Å²) in [5.41, 5.74) is 0.338. The summed E-state index contributed by atoms with van der Waals surface area (Å²) in [6, 6.07) is 6.19. The fourth-order valence-electron chi connectivity index (χ4n) is 2.71. The summed E-state index contributed by atoms with van der Waals surface area (Å²) in [7, 11) is -2.15. The van der Waals surface area contributed by atoms with Crippen LogP contribution in [0.25, 0.3) is 0 Å². The van der Waals surface area contributed by atoms with Crippen molar-refractivity contribution < 1.29 is 13.2 Å². The highest BCUT2D eigenvalue weighted by Gasteiger charge is 2.19. The molecule has 0 spiro atoms. The molecule has 8 heteroatoms. The third-order valence-corrected chi connectivity index (χ3v) is 5.72. The van der Waals surface area contributed by atoms with Crippen molar-refractivity contribution >= 4 is 21.7 Å². The molecule has 2 heterocycles. The monoisotopic (exact) mass is 362 g/mol. The molecule has 3 rings (SSSR count). The van der Waals surface area contributed by atoms with Gasteiger partial charge in [-0.15, -0.1) is 0 Å². The zero-order chi connectivity index (χ0) is 17.9. The Hall–Kier alpha value is -2.35. The Morgan fingerprint density at radius 2 is 1.72 bits per heavy atom. The molecule has 2 aromatic rings. The zero-order valence-corrected chi connectivity index (χ0v) is 15.2. The number of anilines is 2. The third-order valence-electron chi connectivity index (χ3n) is 4.33. The van der Waals surface area contributed by atoms with E-state index in [-0.39, 0.29) is 4.90 Å². The predicted molar refractivity (Wildman–Crippen MR) is 96.4 cm³/mol. The predicted octanol–water partition coefficient (Wildman–Crippen LogP) is 2.52. The highest BCUT2D eigenvalue weighted by Crippen LogP contribution is 2.22. The lowest BCUT2D eigenvalue weighted by Crippen LogP contribution is -2.34. The summed E-state index contributed by atoms with van der Waals surface area (Å²) in [5, 5.41) is 0. The number of hydrogen-bond acceptors (Lipinski definition) is 6. The highest BCUT2D eigenvalue weighted by atomic mass is 32.2. The van der Waals surface area contributed by atoms with Crippen molar-refractivity contribution in [2.75, 3.05) is 29.8 Å². The van der Waals surface area contributed by atoms with Crippen LogP contribution in [0.3, 0.4) is 0 Å². The van der Waals surface area contributed by atoms with Crippen molar-refractivity contribution in [2.24, 2.45) is 5.92 Å². The molecule has 0 atom stereocenters. The van der Waals surface area contributed by atoms with Crippen LogP contribution in [0.5, 0.6) is 5.75 Å². The molecule has 0 aliphatic carbocycles. The largest absolute Gasteiger partial charge is 0.497 e. The van der Waals surface area contributed by atoms with Gasteiger partial charge in [-0.25, -0.2) is 18.4 Å². The van der Waals surface area contributed by atoms with Crippen LogP contribution in [0, 0.1) is 5.92 Å². The lowest BCUT2D eigenvalue weighted by Gasteiger charge is -2.30. The number of sulfonamides is 1. The maximum atomic E-state index is 12.4. The molecule has 0 amide bonds. The number of methoxy groups -OCH3 is 1. The Bertz CT molecular complexity index is 799. The van der Waals surface area contributed by atoms with Gasteiger partial charge >= 0.3 is 0 Å². The molecule has 134 valence electrons. The molecular weight excluding hydrogens is 340 g/mol. The first-order valence-corrected chi connectivity index (χ1v) is 9.70. The summed E-state index contributed by atoms with van der Waals surface area (Å²) in [5.74, 6) is 1.97. The van der Waals surface area contributed by atoms with Gasteiger partial charge < -0.3 is 9.64 Å². The van der Waals surface area contributed by atoms with E-state index in [1.165, 1.54) is 31.6 Å². The van der Waals surface area contributed by atoms with Crippen LogP contribution < -0.4 is 14.4 Å². The van der Waals surface area contributed by atoms with Gasteiger partial charge in [0, 0.05) is 13.1 Å². The number of aromatic nitrogens is 2. The standard InChI is InChI=1S/C17H22N4O3S/c1-13-7-9-21(10-8-13)17-18-11-14(12-19-17)20-25(22,23)16-5-3-15(24-2)4-6-16/h3-6,11-13,20H,7-10H2,1-2H3. The van der Waals surface area contributed by atoms with E-state index < -0.39 is 10.0 Å². The topological polar surface area (TPSA) is 84.4 Å². The number of nitrogens with one attached hydrogen (secondary N) is 1. The van der Waals surface area contributed by atoms with E-state index >= 15 is 0 Å². The molecule has 1 aliphatic heterocycles. The summed E-state index contributed by atoms with van der Waals surface area (Å²) in [4.78, 5) is 10.9. The van der Waals surface area contributed by atoms with Crippen LogP contribution in [0.1, 0.15) is 19.8 Å². The van der Waals surface area contributed by atoms with Gasteiger partial charge in [0.05, 0.1) is 30.1 Å². The van der Waals surface area contributed by atoms with Crippen molar-refractivity contribution in [1.82, 2.24) is 9.97 Å². The Balaban J connectivity index is 1.69.